The monoisotopic (exact) mass is 241 g/mol. The van der Waals surface area contributed by atoms with Gasteiger partial charge in [0.1, 0.15) is 17.8 Å². The lowest BCUT2D eigenvalue weighted by Gasteiger charge is -2.04. The summed E-state index contributed by atoms with van der Waals surface area (Å²) in [7, 11) is -3.42. The van der Waals surface area contributed by atoms with Crippen LogP contribution in [-0.2, 0) is 9.84 Å². The van der Waals surface area contributed by atoms with Gasteiger partial charge in [0.15, 0.2) is 16.2 Å². The number of halogens is 1. The molecule has 0 unspecified atom stereocenters. The second kappa shape index (κ2) is 3.71. The highest BCUT2D eigenvalue weighted by molar-refractivity contribution is 7.90. The van der Waals surface area contributed by atoms with Crippen molar-refractivity contribution in [3.05, 3.63) is 36.7 Å². The van der Waals surface area contributed by atoms with Gasteiger partial charge in [-0.15, -0.1) is 0 Å². The Bertz CT molecular complexity index is 605. The van der Waals surface area contributed by atoms with Crippen LogP contribution in [0.4, 0.5) is 4.39 Å². The smallest absolute Gasteiger partial charge is 0.181 e. The zero-order valence-corrected chi connectivity index (χ0v) is 9.16. The lowest BCUT2D eigenvalue weighted by molar-refractivity contribution is 0.558. The van der Waals surface area contributed by atoms with Crippen LogP contribution in [0.3, 0.4) is 0 Å². The molecule has 0 N–H and O–H groups in total. The van der Waals surface area contributed by atoms with E-state index in [1.54, 1.807) is 0 Å². The molecule has 0 saturated heterocycles. The molecule has 16 heavy (non-hydrogen) atoms. The summed E-state index contributed by atoms with van der Waals surface area (Å²) in [5.74, 6) is -0.523. The number of aromatic nitrogens is 1. The van der Waals surface area contributed by atoms with Crippen molar-refractivity contribution in [2.75, 3.05) is 6.26 Å². The Morgan fingerprint density at radius 2 is 2.12 bits per heavy atom. The van der Waals surface area contributed by atoms with Crippen molar-refractivity contribution in [2.24, 2.45) is 0 Å². The molecule has 0 aliphatic rings. The van der Waals surface area contributed by atoms with Crippen molar-refractivity contribution < 1.29 is 17.2 Å². The van der Waals surface area contributed by atoms with Gasteiger partial charge < -0.3 is 4.42 Å². The number of hydrogen-bond donors (Lipinski definition) is 0. The maximum Gasteiger partial charge on any atom is 0.181 e. The molecule has 84 valence electrons. The molecule has 0 aliphatic carbocycles. The quantitative estimate of drug-likeness (QED) is 0.753. The molecule has 0 fully saturated rings. The van der Waals surface area contributed by atoms with Crippen LogP contribution >= 0.6 is 0 Å². The van der Waals surface area contributed by atoms with Crippen molar-refractivity contribution >= 4 is 9.84 Å². The minimum Gasteiger partial charge on any atom is -0.451 e. The molecule has 1 heterocycles. The molecule has 2 rings (SSSR count). The van der Waals surface area contributed by atoms with E-state index in [0.29, 0.717) is 5.69 Å². The summed E-state index contributed by atoms with van der Waals surface area (Å²) < 4.78 is 40.8. The summed E-state index contributed by atoms with van der Waals surface area (Å²) in [6, 6.07) is 3.43. The normalized spacial score (nSPS) is 11.6. The molecule has 0 amide bonds. The third kappa shape index (κ3) is 1.96. The van der Waals surface area contributed by atoms with Gasteiger partial charge in [-0.3, -0.25) is 0 Å². The minimum atomic E-state index is -3.42. The third-order valence-electron chi connectivity index (χ3n) is 2.05. The van der Waals surface area contributed by atoms with Crippen LogP contribution in [-0.4, -0.2) is 19.7 Å². The molecular formula is C10H8FNO3S. The van der Waals surface area contributed by atoms with Crippen molar-refractivity contribution in [3.8, 4) is 11.3 Å². The highest BCUT2D eigenvalue weighted by Crippen LogP contribution is 2.26. The predicted octanol–water partition coefficient (Wildman–Crippen LogP) is 1.88. The molecule has 1 aromatic carbocycles. The zero-order valence-electron chi connectivity index (χ0n) is 8.34. The molecule has 0 aliphatic heterocycles. The fourth-order valence-corrected chi connectivity index (χ4v) is 2.25. The van der Waals surface area contributed by atoms with Gasteiger partial charge in [-0.25, -0.2) is 17.8 Å². The third-order valence-corrected chi connectivity index (χ3v) is 3.20. The topological polar surface area (TPSA) is 60.2 Å². The van der Waals surface area contributed by atoms with Crippen LogP contribution < -0.4 is 0 Å². The fraction of sp³-hybridized carbons (Fsp3) is 0.100. The number of rotatable bonds is 2. The number of nitrogens with zero attached hydrogens (tertiary/aromatic N) is 1. The summed E-state index contributed by atoms with van der Waals surface area (Å²) in [6.45, 7) is 0. The van der Waals surface area contributed by atoms with Crippen LogP contribution in [0.2, 0.25) is 0 Å². The highest BCUT2D eigenvalue weighted by Gasteiger charge is 2.16. The molecular weight excluding hydrogens is 233 g/mol. The lowest BCUT2D eigenvalue weighted by Crippen LogP contribution is -2.00. The van der Waals surface area contributed by atoms with Crippen molar-refractivity contribution in [1.29, 1.82) is 0 Å². The van der Waals surface area contributed by atoms with Crippen LogP contribution in [0.15, 0.2) is 40.2 Å². The maximum atomic E-state index is 13.1. The Labute approximate surface area is 91.7 Å². The first-order valence-electron chi connectivity index (χ1n) is 4.36. The number of hydrogen-bond acceptors (Lipinski definition) is 4. The van der Waals surface area contributed by atoms with E-state index in [4.69, 9.17) is 4.42 Å². The summed E-state index contributed by atoms with van der Waals surface area (Å²) in [4.78, 5) is 3.83. The summed E-state index contributed by atoms with van der Waals surface area (Å²) in [5, 5.41) is 0. The SMILES string of the molecule is CS(=O)(=O)c1ccc(F)cc1-c1cocn1. The zero-order chi connectivity index (χ0) is 11.8. The van der Waals surface area contributed by atoms with E-state index in [9.17, 15) is 12.8 Å². The molecule has 0 radical (unpaired) electrons. The average molecular weight is 241 g/mol. The lowest BCUT2D eigenvalue weighted by atomic mass is 10.2. The fourth-order valence-electron chi connectivity index (χ4n) is 1.37. The Kier molecular flexibility index (Phi) is 2.51. The largest absolute Gasteiger partial charge is 0.451 e. The van der Waals surface area contributed by atoms with Crippen LogP contribution in [0.5, 0.6) is 0 Å². The van der Waals surface area contributed by atoms with Gasteiger partial charge in [0.2, 0.25) is 0 Å². The summed E-state index contributed by atoms with van der Waals surface area (Å²) >= 11 is 0. The highest BCUT2D eigenvalue weighted by atomic mass is 32.2. The van der Waals surface area contributed by atoms with E-state index in [0.717, 1.165) is 24.8 Å². The van der Waals surface area contributed by atoms with Gasteiger partial charge in [0.05, 0.1) is 4.90 Å². The van der Waals surface area contributed by atoms with Crippen molar-refractivity contribution in [1.82, 2.24) is 4.98 Å². The van der Waals surface area contributed by atoms with Crippen LogP contribution in [0.1, 0.15) is 0 Å². The van der Waals surface area contributed by atoms with Gasteiger partial charge in [-0.1, -0.05) is 0 Å². The molecule has 0 bridgehead atoms. The number of oxazole rings is 1. The number of sulfone groups is 1. The Morgan fingerprint density at radius 1 is 1.38 bits per heavy atom. The average Bonchev–Trinajstić information content (AvgIpc) is 2.68. The van der Waals surface area contributed by atoms with Gasteiger partial charge in [-0.05, 0) is 18.2 Å². The molecule has 4 nitrogen and oxygen atoms in total. The Morgan fingerprint density at radius 3 is 2.69 bits per heavy atom. The van der Waals surface area contributed by atoms with Gasteiger partial charge >= 0.3 is 0 Å². The summed E-state index contributed by atoms with van der Waals surface area (Å²) in [6.07, 6.45) is 3.49. The first kappa shape index (κ1) is 10.8. The van der Waals surface area contributed by atoms with E-state index in [2.05, 4.69) is 4.98 Å². The first-order valence-corrected chi connectivity index (χ1v) is 6.26. The molecule has 0 saturated carbocycles. The standard InChI is InChI=1S/C10H8FNO3S/c1-16(13,14)10-3-2-7(11)4-8(10)9-5-15-6-12-9/h2-6H,1H3. The van der Waals surface area contributed by atoms with Crippen molar-refractivity contribution in [2.45, 2.75) is 4.90 Å². The van der Waals surface area contributed by atoms with Gasteiger partial charge in [0, 0.05) is 11.8 Å². The van der Waals surface area contributed by atoms with Crippen LogP contribution in [0.25, 0.3) is 11.3 Å². The Balaban J connectivity index is 2.73. The van der Waals surface area contributed by atoms with E-state index in [1.165, 1.54) is 12.3 Å². The van der Waals surface area contributed by atoms with Crippen LogP contribution in [0, 0.1) is 5.82 Å². The Hall–Kier alpha value is -1.69. The molecule has 0 spiro atoms. The van der Waals surface area contributed by atoms with E-state index in [-0.39, 0.29) is 10.5 Å². The van der Waals surface area contributed by atoms with Gasteiger partial charge in [0.25, 0.3) is 0 Å². The maximum absolute atomic E-state index is 13.1. The molecule has 0 atom stereocenters. The van der Waals surface area contributed by atoms with Crippen molar-refractivity contribution in [3.63, 3.8) is 0 Å². The second-order valence-corrected chi connectivity index (χ2v) is 5.27. The first-order chi connectivity index (χ1) is 7.48. The summed E-state index contributed by atoms with van der Waals surface area (Å²) in [5.41, 5.74) is 0.496. The minimum absolute atomic E-state index is 0.0304. The molecule has 6 heteroatoms. The van der Waals surface area contributed by atoms with Gasteiger partial charge in [-0.2, -0.15) is 0 Å². The molecule has 2 aromatic rings. The van der Waals surface area contributed by atoms with E-state index < -0.39 is 15.7 Å². The molecule has 1 aromatic heterocycles. The van der Waals surface area contributed by atoms with E-state index >= 15 is 0 Å². The van der Waals surface area contributed by atoms with E-state index in [1.807, 2.05) is 0 Å². The predicted molar refractivity (Wildman–Crippen MR) is 55.0 cm³/mol. The number of benzene rings is 1. The second-order valence-electron chi connectivity index (χ2n) is 3.29.